The number of hydrogen-bond acceptors (Lipinski definition) is 4. The van der Waals surface area contributed by atoms with Crippen molar-refractivity contribution in [3.63, 3.8) is 0 Å². The fourth-order valence-electron chi connectivity index (χ4n) is 2.93. The first-order valence-corrected chi connectivity index (χ1v) is 9.89. The van der Waals surface area contributed by atoms with Crippen LogP contribution in [0.25, 0.3) is 0 Å². The van der Waals surface area contributed by atoms with E-state index in [0.29, 0.717) is 25.3 Å². The van der Waals surface area contributed by atoms with E-state index in [1.807, 2.05) is 56.3 Å². The molecule has 0 saturated heterocycles. The molecule has 0 radical (unpaired) electrons. The van der Waals surface area contributed by atoms with Gasteiger partial charge >= 0.3 is 5.97 Å². The van der Waals surface area contributed by atoms with E-state index >= 15 is 0 Å². The van der Waals surface area contributed by atoms with Crippen molar-refractivity contribution in [2.75, 3.05) is 13.1 Å². The van der Waals surface area contributed by atoms with Gasteiger partial charge in [0.25, 0.3) is 0 Å². The van der Waals surface area contributed by atoms with Gasteiger partial charge in [-0.15, -0.1) is 0 Å². The number of hydrogen-bond donors (Lipinski definition) is 2. The van der Waals surface area contributed by atoms with Gasteiger partial charge in [-0.1, -0.05) is 56.3 Å². The molecule has 0 fully saturated rings. The lowest BCUT2D eigenvalue weighted by atomic mass is 9.98. The molecule has 1 aromatic carbocycles. The van der Waals surface area contributed by atoms with Crippen LogP contribution in [-0.2, 0) is 19.1 Å². The second-order valence-electron chi connectivity index (χ2n) is 7.48. The molecule has 1 aliphatic heterocycles. The molecule has 0 aromatic heterocycles. The summed E-state index contributed by atoms with van der Waals surface area (Å²) in [4.78, 5) is 37.0. The minimum atomic E-state index is -0.545. The van der Waals surface area contributed by atoms with Crippen LogP contribution in [0.5, 0.6) is 0 Å². The topological polar surface area (TPSA) is 84.5 Å². The Morgan fingerprint density at radius 1 is 1.21 bits per heavy atom. The number of carbonyl (C=O) groups excluding carboxylic acids is 3. The van der Waals surface area contributed by atoms with Gasteiger partial charge in [-0.05, 0) is 24.3 Å². The maximum atomic E-state index is 12.7. The summed E-state index contributed by atoms with van der Waals surface area (Å²) in [6, 6.07) is 9.35. The number of ether oxygens (including phenoxy) is 1. The molecular weight excluding hydrogens is 356 g/mol. The fraction of sp³-hybridized carbons (Fsp3) is 0.500. The zero-order valence-corrected chi connectivity index (χ0v) is 16.6. The second kappa shape index (κ2) is 11.3. The van der Waals surface area contributed by atoms with Crippen molar-refractivity contribution < 1.29 is 19.1 Å². The van der Waals surface area contributed by atoms with E-state index in [2.05, 4.69) is 10.6 Å². The number of cyclic esters (lactones) is 1. The summed E-state index contributed by atoms with van der Waals surface area (Å²) in [5.41, 5.74) is 0.829. The van der Waals surface area contributed by atoms with E-state index in [0.717, 1.165) is 5.56 Å². The van der Waals surface area contributed by atoms with Crippen LogP contribution < -0.4 is 10.6 Å². The lowest BCUT2D eigenvalue weighted by Crippen LogP contribution is -2.38. The Balaban J connectivity index is 2.07. The molecule has 0 bridgehead atoms. The van der Waals surface area contributed by atoms with Gasteiger partial charge in [0.1, 0.15) is 6.10 Å². The van der Waals surface area contributed by atoms with Crippen LogP contribution in [0, 0.1) is 11.8 Å². The van der Waals surface area contributed by atoms with Crippen LogP contribution in [0.15, 0.2) is 42.5 Å². The third-order valence-electron chi connectivity index (χ3n) is 4.52. The van der Waals surface area contributed by atoms with Crippen molar-refractivity contribution in [2.24, 2.45) is 11.8 Å². The molecule has 0 spiro atoms. The average molecular weight is 386 g/mol. The summed E-state index contributed by atoms with van der Waals surface area (Å²) in [7, 11) is 0. The van der Waals surface area contributed by atoms with Gasteiger partial charge in [0.2, 0.25) is 11.8 Å². The summed E-state index contributed by atoms with van der Waals surface area (Å²) >= 11 is 0. The Morgan fingerprint density at radius 3 is 2.68 bits per heavy atom. The van der Waals surface area contributed by atoms with E-state index in [9.17, 15) is 14.4 Å². The predicted octanol–water partition coefficient (Wildman–Crippen LogP) is 2.91. The number of allylic oxidation sites excluding steroid dienone is 2. The molecule has 1 heterocycles. The number of carbonyl (C=O) groups is 3. The maximum absolute atomic E-state index is 12.7. The zero-order chi connectivity index (χ0) is 20.4. The van der Waals surface area contributed by atoms with Gasteiger partial charge in [0.15, 0.2) is 0 Å². The first-order valence-electron chi connectivity index (χ1n) is 9.89. The van der Waals surface area contributed by atoms with Crippen molar-refractivity contribution >= 4 is 17.8 Å². The van der Waals surface area contributed by atoms with Gasteiger partial charge in [-0.25, -0.2) is 0 Å². The van der Waals surface area contributed by atoms with E-state index in [-0.39, 0.29) is 37.2 Å². The molecule has 6 heteroatoms. The third-order valence-corrected chi connectivity index (χ3v) is 4.52. The molecule has 2 N–H and O–H groups in total. The van der Waals surface area contributed by atoms with Gasteiger partial charge in [-0.3, -0.25) is 14.4 Å². The van der Waals surface area contributed by atoms with E-state index in [1.54, 1.807) is 0 Å². The van der Waals surface area contributed by atoms with E-state index in [4.69, 9.17) is 4.74 Å². The Morgan fingerprint density at radius 2 is 1.96 bits per heavy atom. The summed E-state index contributed by atoms with van der Waals surface area (Å²) in [5.74, 6) is -0.717. The maximum Gasteiger partial charge on any atom is 0.306 e. The van der Waals surface area contributed by atoms with Gasteiger partial charge in [0, 0.05) is 19.4 Å². The number of benzene rings is 1. The molecule has 6 nitrogen and oxygen atoms in total. The molecule has 2 amide bonds. The van der Waals surface area contributed by atoms with Crippen molar-refractivity contribution in [2.45, 2.75) is 45.6 Å². The van der Waals surface area contributed by atoms with Gasteiger partial charge in [-0.2, -0.15) is 0 Å². The summed E-state index contributed by atoms with van der Waals surface area (Å²) in [5, 5.41) is 5.72. The van der Waals surface area contributed by atoms with E-state index < -0.39 is 12.0 Å². The standard InChI is InChI=1S/C22H30N2O4/c1-16(2)14-23-20(25)13-18-11-7-4-8-12-21(26)28-19(15-24-22(18)27)17-9-5-3-6-10-17/h3-7,9-10,16,18-19H,8,11-15H2,1-2H3,(H,23,25)(H,24,27)/b7-4+/t18-,19-/m0/s1. The van der Waals surface area contributed by atoms with Gasteiger partial charge < -0.3 is 15.4 Å². The Bertz CT molecular complexity index is 685. The number of esters is 1. The number of nitrogens with one attached hydrogen (secondary N) is 2. The molecule has 0 aliphatic carbocycles. The normalized spacial score (nSPS) is 22.4. The molecule has 1 aliphatic rings. The third kappa shape index (κ3) is 7.55. The van der Waals surface area contributed by atoms with Crippen LogP contribution in [0.2, 0.25) is 0 Å². The van der Waals surface area contributed by atoms with Crippen LogP contribution >= 0.6 is 0 Å². The first kappa shape index (κ1) is 21.7. The molecule has 152 valence electrons. The van der Waals surface area contributed by atoms with Crippen molar-refractivity contribution in [3.05, 3.63) is 48.0 Å². The number of amides is 2. The molecule has 28 heavy (non-hydrogen) atoms. The van der Waals surface area contributed by atoms with Crippen LogP contribution in [0.1, 0.15) is 51.2 Å². The summed E-state index contributed by atoms with van der Waals surface area (Å²) in [6.07, 6.45) is 4.62. The fourth-order valence-corrected chi connectivity index (χ4v) is 2.93. The summed E-state index contributed by atoms with van der Waals surface area (Å²) < 4.78 is 5.57. The first-order chi connectivity index (χ1) is 13.5. The highest BCUT2D eigenvalue weighted by molar-refractivity contribution is 5.86. The highest BCUT2D eigenvalue weighted by Gasteiger charge is 2.24. The Labute approximate surface area is 166 Å². The minimum absolute atomic E-state index is 0.125. The number of rotatable bonds is 5. The van der Waals surface area contributed by atoms with Crippen LogP contribution in [0.3, 0.4) is 0 Å². The SMILES string of the molecule is CC(C)CNC(=O)C[C@@H]1C/C=C/CCC(=O)O[C@H](c2ccccc2)CNC1=O. The smallest absolute Gasteiger partial charge is 0.306 e. The molecule has 2 rings (SSSR count). The highest BCUT2D eigenvalue weighted by Crippen LogP contribution is 2.19. The van der Waals surface area contributed by atoms with Crippen molar-refractivity contribution in [1.82, 2.24) is 10.6 Å². The quantitative estimate of drug-likeness (QED) is 0.602. The Hall–Kier alpha value is -2.63. The van der Waals surface area contributed by atoms with Gasteiger partial charge in [0.05, 0.1) is 12.5 Å². The van der Waals surface area contributed by atoms with Crippen LogP contribution in [-0.4, -0.2) is 30.9 Å². The lowest BCUT2D eigenvalue weighted by molar-refractivity contribution is -0.150. The van der Waals surface area contributed by atoms with Crippen molar-refractivity contribution in [3.8, 4) is 0 Å². The Kier molecular flexibility index (Phi) is 8.72. The molecule has 2 atom stereocenters. The van der Waals surface area contributed by atoms with Crippen LogP contribution in [0.4, 0.5) is 0 Å². The van der Waals surface area contributed by atoms with Crippen molar-refractivity contribution in [1.29, 1.82) is 0 Å². The summed E-state index contributed by atoms with van der Waals surface area (Å²) in [6.45, 7) is 4.82. The highest BCUT2D eigenvalue weighted by atomic mass is 16.5. The zero-order valence-electron chi connectivity index (χ0n) is 16.6. The predicted molar refractivity (Wildman–Crippen MR) is 107 cm³/mol. The lowest BCUT2D eigenvalue weighted by Gasteiger charge is -2.22. The largest absolute Gasteiger partial charge is 0.456 e. The van der Waals surface area contributed by atoms with E-state index in [1.165, 1.54) is 0 Å². The molecule has 0 saturated carbocycles. The second-order valence-corrected chi connectivity index (χ2v) is 7.48. The average Bonchev–Trinajstić information content (AvgIpc) is 2.68. The molecule has 1 aromatic rings. The monoisotopic (exact) mass is 386 g/mol. The molecular formula is C22H30N2O4. The minimum Gasteiger partial charge on any atom is -0.456 e. The molecule has 0 unspecified atom stereocenters.